The first-order chi connectivity index (χ1) is 7.69. The first kappa shape index (κ1) is 12.7. The summed E-state index contributed by atoms with van der Waals surface area (Å²) in [7, 11) is 0. The minimum Gasteiger partial charge on any atom is -0.394 e. The van der Waals surface area contributed by atoms with Crippen molar-refractivity contribution in [3.8, 4) is 0 Å². The van der Waals surface area contributed by atoms with Crippen LogP contribution >= 0.6 is 0 Å². The van der Waals surface area contributed by atoms with E-state index in [1.54, 1.807) is 0 Å². The normalized spacial score (nSPS) is 12.2. The van der Waals surface area contributed by atoms with Crippen molar-refractivity contribution in [2.24, 2.45) is 0 Å². The number of aryl methyl sites for hydroxylation is 1. The van der Waals surface area contributed by atoms with Gasteiger partial charge in [0.05, 0.1) is 12.6 Å². The largest absolute Gasteiger partial charge is 0.394 e. The quantitative estimate of drug-likeness (QED) is 0.681. The zero-order valence-electron chi connectivity index (χ0n) is 10.1. The van der Waals surface area contributed by atoms with Crippen LogP contribution in [-0.2, 0) is 0 Å². The van der Waals surface area contributed by atoms with Crippen LogP contribution in [-0.4, -0.2) is 34.3 Å². The van der Waals surface area contributed by atoms with Gasteiger partial charge in [0, 0.05) is 12.6 Å². The number of anilines is 2. The third-order valence-corrected chi connectivity index (χ3v) is 2.26. The Morgan fingerprint density at radius 1 is 1.31 bits per heavy atom. The van der Waals surface area contributed by atoms with Crippen LogP contribution in [0.25, 0.3) is 0 Å². The summed E-state index contributed by atoms with van der Waals surface area (Å²) in [6.45, 7) is 6.83. The fraction of sp³-hybridized carbons (Fsp3) is 0.636. The third-order valence-electron chi connectivity index (χ3n) is 2.26. The number of nitrogens with one attached hydrogen (secondary N) is 2. The van der Waals surface area contributed by atoms with Crippen LogP contribution in [0.15, 0.2) is 6.07 Å². The number of aliphatic hydroxyl groups excluding tert-OH is 1. The van der Waals surface area contributed by atoms with E-state index in [9.17, 15) is 0 Å². The zero-order valence-corrected chi connectivity index (χ0v) is 10.1. The molecule has 5 nitrogen and oxygen atoms in total. The van der Waals surface area contributed by atoms with Crippen molar-refractivity contribution >= 4 is 11.6 Å². The van der Waals surface area contributed by atoms with Crippen molar-refractivity contribution in [2.45, 2.75) is 33.2 Å². The predicted molar refractivity (Wildman–Crippen MR) is 65.7 cm³/mol. The van der Waals surface area contributed by atoms with Gasteiger partial charge in [-0.05, 0) is 20.3 Å². The highest BCUT2D eigenvalue weighted by molar-refractivity contribution is 5.47. The molecule has 0 radical (unpaired) electrons. The van der Waals surface area contributed by atoms with E-state index in [1.165, 1.54) is 0 Å². The molecule has 90 valence electrons. The Morgan fingerprint density at radius 3 is 2.56 bits per heavy atom. The van der Waals surface area contributed by atoms with E-state index in [1.807, 2.05) is 26.8 Å². The van der Waals surface area contributed by atoms with E-state index >= 15 is 0 Å². The molecule has 0 aliphatic carbocycles. The van der Waals surface area contributed by atoms with E-state index in [4.69, 9.17) is 5.11 Å². The molecule has 1 rings (SSSR count). The molecule has 1 aromatic rings. The monoisotopic (exact) mass is 224 g/mol. The molecular formula is C11H20N4O. The molecule has 16 heavy (non-hydrogen) atoms. The van der Waals surface area contributed by atoms with Gasteiger partial charge in [-0.25, -0.2) is 9.97 Å². The molecule has 1 aromatic heterocycles. The molecule has 0 aliphatic heterocycles. The first-order valence-corrected chi connectivity index (χ1v) is 5.66. The molecule has 0 bridgehead atoms. The van der Waals surface area contributed by atoms with Crippen LogP contribution in [0.1, 0.15) is 26.1 Å². The van der Waals surface area contributed by atoms with E-state index < -0.39 is 0 Å². The Hall–Kier alpha value is -1.36. The molecule has 0 amide bonds. The number of nitrogens with zero attached hydrogens (tertiary/aromatic N) is 2. The van der Waals surface area contributed by atoms with Gasteiger partial charge in [-0.15, -0.1) is 0 Å². The van der Waals surface area contributed by atoms with Crippen molar-refractivity contribution in [1.29, 1.82) is 0 Å². The molecule has 1 heterocycles. The molecule has 3 N–H and O–H groups in total. The van der Waals surface area contributed by atoms with Crippen molar-refractivity contribution in [2.75, 3.05) is 23.8 Å². The average Bonchev–Trinajstić information content (AvgIpc) is 2.25. The van der Waals surface area contributed by atoms with Gasteiger partial charge in [-0.1, -0.05) is 6.92 Å². The van der Waals surface area contributed by atoms with Gasteiger partial charge in [0.25, 0.3) is 0 Å². The van der Waals surface area contributed by atoms with Crippen LogP contribution in [0, 0.1) is 6.92 Å². The molecule has 5 heteroatoms. The summed E-state index contributed by atoms with van der Waals surface area (Å²) >= 11 is 0. The van der Waals surface area contributed by atoms with Crippen molar-refractivity contribution in [3.63, 3.8) is 0 Å². The minimum absolute atomic E-state index is 0.0452. The van der Waals surface area contributed by atoms with Gasteiger partial charge in [-0.3, -0.25) is 0 Å². The highest BCUT2D eigenvalue weighted by Crippen LogP contribution is 2.12. The lowest BCUT2D eigenvalue weighted by Gasteiger charge is -2.15. The third kappa shape index (κ3) is 3.66. The van der Waals surface area contributed by atoms with Crippen LogP contribution in [0.2, 0.25) is 0 Å². The van der Waals surface area contributed by atoms with E-state index in [0.717, 1.165) is 24.6 Å². The summed E-state index contributed by atoms with van der Waals surface area (Å²) in [5, 5.41) is 15.4. The van der Waals surface area contributed by atoms with Gasteiger partial charge in [0.15, 0.2) is 0 Å². The Bertz CT molecular complexity index is 326. The fourth-order valence-electron chi connectivity index (χ4n) is 1.40. The summed E-state index contributed by atoms with van der Waals surface area (Å²) in [5.74, 6) is 2.28. The van der Waals surface area contributed by atoms with Gasteiger partial charge >= 0.3 is 0 Å². The second-order valence-electron chi connectivity index (χ2n) is 3.65. The lowest BCUT2D eigenvalue weighted by molar-refractivity contribution is 0.271. The zero-order chi connectivity index (χ0) is 12.0. The summed E-state index contributed by atoms with van der Waals surface area (Å²) < 4.78 is 0. The van der Waals surface area contributed by atoms with Crippen molar-refractivity contribution < 1.29 is 5.11 Å². The summed E-state index contributed by atoms with van der Waals surface area (Å²) in [6, 6.07) is 1.90. The predicted octanol–water partition coefficient (Wildman–Crippen LogP) is 1.40. The molecular weight excluding hydrogens is 204 g/mol. The molecule has 0 saturated heterocycles. The van der Waals surface area contributed by atoms with Gasteiger partial charge in [0.2, 0.25) is 0 Å². The number of aromatic nitrogens is 2. The highest BCUT2D eigenvalue weighted by atomic mass is 16.3. The van der Waals surface area contributed by atoms with Gasteiger partial charge < -0.3 is 15.7 Å². The maximum absolute atomic E-state index is 9.11. The van der Waals surface area contributed by atoms with Crippen molar-refractivity contribution in [1.82, 2.24) is 9.97 Å². The molecule has 0 aromatic carbocycles. The van der Waals surface area contributed by atoms with E-state index in [-0.39, 0.29) is 12.6 Å². The standard InChI is InChI=1S/C11H20N4O/c1-4-9(7-16)15-11-6-10(12-5-2)13-8(3)14-11/h6,9,16H,4-5,7H2,1-3H3,(H2,12,13,14,15). The van der Waals surface area contributed by atoms with E-state index in [0.29, 0.717) is 5.82 Å². The Morgan fingerprint density at radius 2 is 2.00 bits per heavy atom. The van der Waals surface area contributed by atoms with Crippen molar-refractivity contribution in [3.05, 3.63) is 11.9 Å². The van der Waals surface area contributed by atoms with Crippen LogP contribution in [0.5, 0.6) is 0 Å². The number of aliphatic hydroxyl groups is 1. The van der Waals surface area contributed by atoms with E-state index in [2.05, 4.69) is 20.6 Å². The fourth-order valence-corrected chi connectivity index (χ4v) is 1.40. The maximum atomic E-state index is 9.11. The second kappa shape index (κ2) is 6.27. The molecule has 0 spiro atoms. The summed E-state index contributed by atoms with van der Waals surface area (Å²) in [6.07, 6.45) is 0.857. The Labute approximate surface area is 96.3 Å². The number of hydrogen-bond acceptors (Lipinski definition) is 5. The smallest absolute Gasteiger partial charge is 0.132 e. The van der Waals surface area contributed by atoms with Crippen LogP contribution in [0.3, 0.4) is 0 Å². The Balaban J connectivity index is 2.78. The topological polar surface area (TPSA) is 70.1 Å². The maximum Gasteiger partial charge on any atom is 0.132 e. The summed E-state index contributed by atoms with van der Waals surface area (Å²) in [4.78, 5) is 8.54. The van der Waals surface area contributed by atoms with Crippen LogP contribution in [0.4, 0.5) is 11.6 Å². The van der Waals surface area contributed by atoms with Gasteiger partial charge in [-0.2, -0.15) is 0 Å². The number of rotatable bonds is 6. The Kier molecular flexibility index (Phi) is 4.98. The van der Waals surface area contributed by atoms with Gasteiger partial charge in [0.1, 0.15) is 17.5 Å². The van der Waals surface area contributed by atoms with Crippen LogP contribution < -0.4 is 10.6 Å². The SMILES string of the molecule is CCNc1cc(NC(CC)CO)nc(C)n1. The first-order valence-electron chi connectivity index (χ1n) is 5.66. The highest BCUT2D eigenvalue weighted by Gasteiger charge is 2.06. The number of hydrogen-bond donors (Lipinski definition) is 3. The minimum atomic E-state index is 0.0452. The lowest BCUT2D eigenvalue weighted by Crippen LogP contribution is -2.23. The lowest BCUT2D eigenvalue weighted by atomic mass is 10.2. The second-order valence-corrected chi connectivity index (χ2v) is 3.65. The summed E-state index contributed by atoms with van der Waals surface area (Å²) in [5.41, 5.74) is 0. The molecule has 1 unspecified atom stereocenters. The molecule has 0 aliphatic rings. The molecule has 0 fully saturated rings. The molecule has 1 atom stereocenters. The average molecular weight is 224 g/mol. The molecule has 0 saturated carbocycles.